The van der Waals surface area contributed by atoms with Gasteiger partial charge in [-0.3, -0.25) is 9.69 Å². The van der Waals surface area contributed by atoms with E-state index in [0.29, 0.717) is 51.0 Å². The molecule has 2 bridgehead atoms. The zero-order valence-corrected chi connectivity index (χ0v) is 23.4. The summed E-state index contributed by atoms with van der Waals surface area (Å²) >= 11 is 0. The van der Waals surface area contributed by atoms with E-state index in [1.165, 1.54) is 11.1 Å². The number of hydrogen-bond donors (Lipinski definition) is 1. The molecule has 1 fully saturated rings. The lowest BCUT2D eigenvalue weighted by Gasteiger charge is -2.34. The first kappa shape index (κ1) is 28.3. The van der Waals surface area contributed by atoms with Gasteiger partial charge in [0.15, 0.2) is 0 Å². The molecule has 0 aromatic heterocycles. The molecule has 0 radical (unpaired) electrons. The fourth-order valence-electron chi connectivity index (χ4n) is 5.53. The van der Waals surface area contributed by atoms with Crippen molar-refractivity contribution in [3.05, 3.63) is 100 Å². The Labute approximate surface area is 237 Å². The molecule has 2 heterocycles. The van der Waals surface area contributed by atoms with Crippen molar-refractivity contribution >= 4 is 5.91 Å². The number of nitrogens with zero attached hydrogens (tertiary/aromatic N) is 1. The van der Waals surface area contributed by atoms with Crippen molar-refractivity contribution in [3.63, 3.8) is 0 Å². The molecule has 5 rings (SSSR count). The van der Waals surface area contributed by atoms with Crippen LogP contribution in [0, 0.1) is 0 Å². The van der Waals surface area contributed by atoms with Crippen LogP contribution in [0.5, 0.6) is 5.75 Å². The highest BCUT2D eigenvalue weighted by atomic mass is 16.5. The molecule has 2 aliphatic heterocycles. The third kappa shape index (κ3) is 7.70. The highest BCUT2D eigenvalue weighted by Crippen LogP contribution is 2.25. The molecule has 3 aromatic carbocycles. The predicted octanol–water partition coefficient (Wildman–Crippen LogP) is 4.74. The average Bonchev–Trinajstić information content (AvgIpc) is 2.98. The van der Waals surface area contributed by atoms with Gasteiger partial charge >= 0.3 is 0 Å². The maximum atomic E-state index is 13.2. The molecule has 2 aliphatic rings. The molecule has 0 spiro atoms. The Balaban J connectivity index is 1.33. The second-order valence-corrected chi connectivity index (χ2v) is 10.5. The van der Waals surface area contributed by atoms with Crippen LogP contribution in [0.25, 0.3) is 0 Å². The van der Waals surface area contributed by atoms with Crippen molar-refractivity contribution in [2.45, 2.75) is 45.0 Å². The highest BCUT2D eigenvalue weighted by Gasteiger charge is 2.22. The van der Waals surface area contributed by atoms with Gasteiger partial charge in [-0.15, -0.1) is 0 Å². The second-order valence-electron chi connectivity index (χ2n) is 10.5. The molecule has 1 saturated heterocycles. The van der Waals surface area contributed by atoms with Crippen LogP contribution in [-0.2, 0) is 40.3 Å². The smallest absolute Gasteiger partial charge is 0.251 e. The number of amides is 1. The second kappa shape index (κ2) is 14.4. The van der Waals surface area contributed by atoms with E-state index >= 15 is 0 Å². The summed E-state index contributed by atoms with van der Waals surface area (Å²) in [6.07, 6.45) is 2.79. The Hall–Kier alpha value is -3.23. The van der Waals surface area contributed by atoms with Gasteiger partial charge in [-0.1, -0.05) is 48.5 Å². The first-order chi connectivity index (χ1) is 19.7. The molecule has 0 aliphatic carbocycles. The van der Waals surface area contributed by atoms with Crippen LogP contribution < -0.4 is 10.1 Å². The molecule has 1 amide bonds. The summed E-state index contributed by atoms with van der Waals surface area (Å²) in [6.45, 7) is 6.02. The van der Waals surface area contributed by atoms with E-state index < -0.39 is 0 Å². The third-order valence-electron chi connectivity index (χ3n) is 7.67. The lowest BCUT2D eigenvalue weighted by atomic mass is 9.99. The number of carbonyl (C=O) groups is 1. The van der Waals surface area contributed by atoms with Gasteiger partial charge in [-0.05, 0) is 58.9 Å². The minimum atomic E-state index is -0.112. The van der Waals surface area contributed by atoms with Crippen LogP contribution in [-0.4, -0.2) is 63.5 Å². The Morgan fingerprint density at radius 1 is 0.900 bits per heavy atom. The monoisotopic (exact) mass is 544 g/mol. The predicted molar refractivity (Wildman–Crippen MR) is 155 cm³/mol. The van der Waals surface area contributed by atoms with Gasteiger partial charge < -0.3 is 24.3 Å². The van der Waals surface area contributed by atoms with E-state index in [9.17, 15) is 4.79 Å². The van der Waals surface area contributed by atoms with Crippen LogP contribution >= 0.6 is 0 Å². The van der Waals surface area contributed by atoms with Gasteiger partial charge in [-0.2, -0.15) is 0 Å². The summed E-state index contributed by atoms with van der Waals surface area (Å²) in [4.78, 5) is 15.7. The quantitative estimate of drug-likeness (QED) is 0.483. The normalized spacial score (nSPS) is 17.3. The summed E-state index contributed by atoms with van der Waals surface area (Å²) in [5, 5.41) is 3.08. The zero-order chi connectivity index (χ0) is 27.6. The van der Waals surface area contributed by atoms with Gasteiger partial charge in [0, 0.05) is 58.0 Å². The Bertz CT molecular complexity index is 1260. The van der Waals surface area contributed by atoms with Crippen molar-refractivity contribution in [2.75, 3.05) is 46.7 Å². The molecule has 0 atom stereocenters. The highest BCUT2D eigenvalue weighted by molar-refractivity contribution is 5.94. The van der Waals surface area contributed by atoms with Crippen molar-refractivity contribution in [1.29, 1.82) is 0 Å². The van der Waals surface area contributed by atoms with E-state index in [0.717, 1.165) is 61.6 Å². The number of fused-ring (bicyclic) bond motifs is 3. The van der Waals surface area contributed by atoms with Crippen LogP contribution in [0.1, 0.15) is 51.0 Å². The summed E-state index contributed by atoms with van der Waals surface area (Å²) in [6, 6.07) is 23.0. The van der Waals surface area contributed by atoms with Crippen molar-refractivity contribution in [3.8, 4) is 5.75 Å². The first-order valence-electron chi connectivity index (χ1n) is 14.3. The van der Waals surface area contributed by atoms with E-state index in [1.54, 1.807) is 7.11 Å². The van der Waals surface area contributed by atoms with Crippen molar-refractivity contribution in [1.82, 2.24) is 10.2 Å². The summed E-state index contributed by atoms with van der Waals surface area (Å²) in [7, 11) is 1.68. The third-order valence-corrected chi connectivity index (χ3v) is 7.67. The Morgan fingerprint density at radius 3 is 2.55 bits per heavy atom. The molecule has 3 aromatic rings. The van der Waals surface area contributed by atoms with E-state index in [4.69, 9.17) is 18.9 Å². The van der Waals surface area contributed by atoms with Gasteiger partial charge in [0.05, 0.1) is 19.8 Å². The minimum absolute atomic E-state index is 0.112. The topological polar surface area (TPSA) is 69.3 Å². The van der Waals surface area contributed by atoms with E-state index in [2.05, 4.69) is 34.5 Å². The van der Waals surface area contributed by atoms with Crippen LogP contribution in [0.15, 0.2) is 66.7 Å². The molecule has 7 nitrogen and oxygen atoms in total. The van der Waals surface area contributed by atoms with Crippen LogP contribution in [0.2, 0.25) is 0 Å². The van der Waals surface area contributed by atoms with Crippen LogP contribution in [0.3, 0.4) is 0 Å². The molecular formula is C33H40N2O5. The summed E-state index contributed by atoms with van der Waals surface area (Å²) < 4.78 is 23.0. The SMILES string of the molecule is COCc1ccccc1CNC(=O)c1ccc2c(c1)Cc1cccc(c1)CN(C1CCOCC1)CCOCCO2. The molecule has 212 valence electrons. The van der Waals surface area contributed by atoms with Crippen molar-refractivity contribution in [2.24, 2.45) is 0 Å². The van der Waals surface area contributed by atoms with Crippen LogP contribution in [0.4, 0.5) is 0 Å². The number of hydrogen-bond acceptors (Lipinski definition) is 6. The maximum absolute atomic E-state index is 13.2. The minimum Gasteiger partial charge on any atom is -0.491 e. The molecule has 7 heteroatoms. The largest absolute Gasteiger partial charge is 0.491 e. The number of carbonyl (C=O) groups excluding carboxylic acids is 1. The lowest BCUT2D eigenvalue weighted by Crippen LogP contribution is -2.41. The number of benzene rings is 3. The number of nitrogens with one attached hydrogen (secondary N) is 1. The fraction of sp³-hybridized carbons (Fsp3) is 0.424. The number of ether oxygens (including phenoxy) is 4. The van der Waals surface area contributed by atoms with E-state index in [1.807, 2.05) is 42.5 Å². The molecule has 1 N–H and O–H groups in total. The van der Waals surface area contributed by atoms with Gasteiger partial charge in [0.1, 0.15) is 12.4 Å². The molecular weight excluding hydrogens is 504 g/mol. The standard InChI is InChI=1S/C33H40N2O5/c1-37-24-29-8-3-2-7-28(29)22-34-33(36)27-9-10-32-30(21-27)20-25-5-4-6-26(19-25)23-35(13-16-39-17-18-40-32)31-11-14-38-15-12-31/h2-10,19,21,31H,11-18,20,22-24H2,1H3,(H,34,36). The maximum Gasteiger partial charge on any atom is 0.251 e. The molecule has 0 saturated carbocycles. The van der Waals surface area contributed by atoms with Gasteiger partial charge in [0.2, 0.25) is 0 Å². The van der Waals surface area contributed by atoms with E-state index in [-0.39, 0.29) is 5.91 Å². The molecule has 40 heavy (non-hydrogen) atoms. The number of rotatable bonds is 6. The average molecular weight is 545 g/mol. The fourth-order valence-corrected chi connectivity index (χ4v) is 5.53. The lowest BCUT2D eigenvalue weighted by molar-refractivity contribution is 0.0133. The Morgan fingerprint density at radius 2 is 1.70 bits per heavy atom. The molecule has 0 unspecified atom stereocenters. The summed E-state index contributed by atoms with van der Waals surface area (Å²) in [5.74, 6) is 0.676. The van der Waals surface area contributed by atoms with Gasteiger partial charge in [-0.25, -0.2) is 0 Å². The zero-order valence-electron chi connectivity index (χ0n) is 23.4. The van der Waals surface area contributed by atoms with Gasteiger partial charge in [0.25, 0.3) is 5.91 Å². The first-order valence-corrected chi connectivity index (χ1v) is 14.3. The van der Waals surface area contributed by atoms with Crippen molar-refractivity contribution < 1.29 is 23.7 Å². The number of methoxy groups -OCH3 is 1. The Kier molecular flexibility index (Phi) is 10.2. The summed E-state index contributed by atoms with van der Waals surface area (Å²) in [5.41, 5.74) is 6.21.